The maximum atomic E-state index is 13.7. The van der Waals surface area contributed by atoms with Crippen molar-refractivity contribution in [3.8, 4) is 0 Å². The van der Waals surface area contributed by atoms with Crippen LogP contribution < -0.4 is 11.2 Å². The van der Waals surface area contributed by atoms with Crippen molar-refractivity contribution in [2.75, 3.05) is 0 Å². The van der Waals surface area contributed by atoms with Crippen LogP contribution in [0.25, 0.3) is 10.9 Å². The van der Waals surface area contributed by atoms with Crippen LogP contribution in [0.4, 0.5) is 0 Å². The second-order valence-electron chi connectivity index (χ2n) is 8.20. The molecule has 7 nitrogen and oxygen atoms in total. The van der Waals surface area contributed by atoms with Crippen molar-refractivity contribution in [3.05, 3.63) is 110 Å². The molecule has 1 atom stereocenters. The zero-order chi connectivity index (χ0) is 24.6. The van der Waals surface area contributed by atoms with Crippen LogP contribution in [0.2, 0.25) is 0 Å². The highest BCUT2D eigenvalue weighted by atomic mass is 32.1. The third-order valence-corrected chi connectivity index (χ3v) is 6.18. The van der Waals surface area contributed by atoms with E-state index in [1.165, 1.54) is 4.57 Å². The number of aromatic nitrogens is 2. The Hall–Kier alpha value is -3.91. The van der Waals surface area contributed by atoms with E-state index in [1.54, 1.807) is 54.6 Å². The lowest BCUT2D eigenvalue weighted by atomic mass is 10.0. The molecule has 34 heavy (non-hydrogen) atoms. The van der Waals surface area contributed by atoms with E-state index in [2.05, 4.69) is 12.6 Å². The van der Waals surface area contributed by atoms with Crippen molar-refractivity contribution < 1.29 is 9.90 Å². The first-order valence-electron chi connectivity index (χ1n) is 10.6. The monoisotopic (exact) mass is 474 g/mol. The van der Waals surface area contributed by atoms with E-state index in [1.807, 2.05) is 26.0 Å². The topological polar surface area (TPSA) is 105 Å². The van der Waals surface area contributed by atoms with E-state index in [4.69, 9.17) is 5.41 Å². The van der Waals surface area contributed by atoms with Crippen LogP contribution in [-0.2, 0) is 24.0 Å². The van der Waals surface area contributed by atoms with Gasteiger partial charge in [-0.1, -0.05) is 48.5 Å². The molecule has 0 fully saturated rings. The third-order valence-electron chi connectivity index (χ3n) is 5.79. The number of rotatable bonds is 6. The number of aryl methyl sites for hydroxylation is 2. The predicted molar refractivity (Wildman–Crippen MR) is 136 cm³/mol. The van der Waals surface area contributed by atoms with Gasteiger partial charge >= 0.3 is 11.7 Å². The normalized spacial score (nSPS) is 12.0. The summed E-state index contributed by atoms with van der Waals surface area (Å²) in [6.07, 6.45) is 0. The molecule has 0 unspecified atom stereocenters. The Morgan fingerprint density at radius 2 is 1.68 bits per heavy atom. The average Bonchev–Trinajstić information content (AvgIpc) is 2.79. The number of benzene rings is 3. The minimum absolute atomic E-state index is 0.137. The number of aliphatic carboxylic acids is 1. The summed E-state index contributed by atoms with van der Waals surface area (Å²) in [6, 6.07) is 17.1. The molecule has 0 saturated heterocycles. The Kier molecular flexibility index (Phi) is 6.26. The molecule has 3 aromatic carbocycles. The van der Waals surface area contributed by atoms with Gasteiger partial charge in [0.2, 0.25) is 0 Å². The fourth-order valence-corrected chi connectivity index (χ4v) is 4.94. The second kappa shape index (κ2) is 9.15. The van der Waals surface area contributed by atoms with Crippen LogP contribution in [0, 0.1) is 19.3 Å². The lowest BCUT2D eigenvalue weighted by Crippen LogP contribution is -2.45. The highest BCUT2D eigenvalue weighted by Crippen LogP contribution is 2.20. The summed E-state index contributed by atoms with van der Waals surface area (Å²) in [5.74, 6) is -1.32. The molecule has 8 heteroatoms. The summed E-state index contributed by atoms with van der Waals surface area (Å²) >= 11 is 3.58. The van der Waals surface area contributed by atoms with E-state index in [0.717, 1.165) is 20.6 Å². The molecule has 0 aliphatic heterocycles. The highest BCUT2D eigenvalue weighted by molar-refractivity contribution is 7.58. The molecule has 2 N–H and O–H groups in total. The Bertz CT molecular complexity index is 1530. The molecule has 0 aliphatic carbocycles. The number of para-hydroxylation sites is 1. The van der Waals surface area contributed by atoms with Crippen LogP contribution in [0.5, 0.6) is 0 Å². The van der Waals surface area contributed by atoms with Gasteiger partial charge in [0.05, 0.1) is 28.7 Å². The quantitative estimate of drug-likeness (QED) is 0.331. The minimum Gasteiger partial charge on any atom is -0.479 e. The zero-order valence-electron chi connectivity index (χ0n) is 18.7. The Morgan fingerprint density at radius 3 is 2.32 bits per heavy atom. The van der Waals surface area contributed by atoms with E-state index in [0.29, 0.717) is 16.6 Å². The molecule has 4 rings (SSSR count). The average molecular weight is 475 g/mol. The molecule has 0 amide bonds. The molecule has 172 valence electrons. The smallest absolute Gasteiger partial charge is 0.332 e. The number of carboxylic acid groups (broad SMARTS) is 1. The minimum atomic E-state index is -1.50. The summed E-state index contributed by atoms with van der Waals surface area (Å²) in [7, 11) is 0. The van der Waals surface area contributed by atoms with Gasteiger partial charge in [0.15, 0.2) is 10.9 Å². The number of carboxylic acids is 1. The fraction of sp³-hybridized carbons (Fsp3) is 0.154. The van der Waals surface area contributed by atoms with Gasteiger partial charge in [0.1, 0.15) is 0 Å². The summed E-state index contributed by atoms with van der Waals surface area (Å²) in [5.41, 5.74) is 1.88. The maximum absolute atomic E-state index is 13.7. The van der Waals surface area contributed by atoms with Gasteiger partial charge < -0.3 is 10.5 Å². The van der Waals surface area contributed by atoms with Crippen LogP contribution >= 0.6 is 0 Å². The van der Waals surface area contributed by atoms with Gasteiger partial charge in [-0.2, -0.15) is 0 Å². The van der Waals surface area contributed by atoms with Gasteiger partial charge in [-0.25, -0.2) is 14.2 Å². The molecular weight excluding hydrogens is 450 g/mol. The number of fused-ring (bicyclic) bond motifs is 1. The second-order valence-corrected chi connectivity index (χ2v) is 8.73. The van der Waals surface area contributed by atoms with Gasteiger partial charge in [-0.15, -0.1) is 0 Å². The summed E-state index contributed by atoms with van der Waals surface area (Å²) in [6.45, 7) is 3.70. The lowest BCUT2D eigenvalue weighted by molar-refractivity contribution is -0.139. The van der Waals surface area contributed by atoms with Crippen molar-refractivity contribution in [2.24, 2.45) is 0 Å². The number of hydrogen-bond donors (Lipinski definition) is 2. The van der Waals surface area contributed by atoms with Gasteiger partial charge in [0, 0.05) is 0 Å². The van der Waals surface area contributed by atoms with Crippen LogP contribution in [0.15, 0.2) is 81.2 Å². The molecule has 0 aliphatic rings. The largest absolute Gasteiger partial charge is 0.479 e. The molecule has 0 spiro atoms. The molecule has 0 radical (unpaired) electrons. The first-order valence-corrected chi connectivity index (χ1v) is 11.1. The van der Waals surface area contributed by atoms with E-state index < -0.39 is 23.3 Å². The van der Waals surface area contributed by atoms with Crippen molar-refractivity contribution in [1.29, 1.82) is 5.41 Å². The molecule has 4 aromatic rings. The van der Waals surface area contributed by atoms with Crippen molar-refractivity contribution in [3.63, 3.8) is 0 Å². The molecular formula is C26H24N3O4S+. The van der Waals surface area contributed by atoms with Gasteiger partial charge in [0.25, 0.3) is 5.56 Å². The van der Waals surface area contributed by atoms with Crippen LogP contribution in [0.1, 0.15) is 28.3 Å². The number of hydrogen-bond acceptors (Lipinski definition) is 4. The van der Waals surface area contributed by atoms with E-state index >= 15 is 0 Å². The number of carbonyl (C=O) groups is 1. The van der Waals surface area contributed by atoms with E-state index in [9.17, 15) is 19.5 Å². The summed E-state index contributed by atoms with van der Waals surface area (Å²) in [4.78, 5) is 40.0. The fourth-order valence-electron chi connectivity index (χ4n) is 4.36. The first-order chi connectivity index (χ1) is 16.2. The summed E-state index contributed by atoms with van der Waals surface area (Å²) in [5, 5.41) is 19.0. The Labute approximate surface area is 200 Å². The Morgan fingerprint density at radius 1 is 1.03 bits per heavy atom. The molecule has 0 bridgehead atoms. The van der Waals surface area contributed by atoms with Gasteiger partial charge in [-0.05, 0) is 61.4 Å². The van der Waals surface area contributed by atoms with Crippen LogP contribution in [0.3, 0.4) is 0 Å². The standard InChI is InChI=1S/C26H23N3O4S/c1-15-12-16(2)22(21(34)13-15)19(27)14-28-20-11-7-6-10-18(20)24(30)29(26(28)33)23(25(31)32)17-8-4-3-5-9-17/h3-13,23,27,34H,14H2,1-2H3,(H,31,32)/p+1/t23-/m0/s1. The lowest BCUT2D eigenvalue weighted by Gasteiger charge is -2.20. The van der Waals surface area contributed by atoms with Crippen molar-refractivity contribution >= 4 is 35.2 Å². The molecule has 0 saturated carbocycles. The van der Waals surface area contributed by atoms with Crippen LogP contribution in [-0.4, -0.2) is 25.9 Å². The number of nitrogens with zero attached hydrogens (tertiary/aromatic N) is 2. The highest BCUT2D eigenvalue weighted by Gasteiger charge is 2.28. The Balaban J connectivity index is 1.97. The van der Waals surface area contributed by atoms with Gasteiger partial charge in [-0.3, -0.25) is 9.36 Å². The van der Waals surface area contributed by atoms with Crippen molar-refractivity contribution in [1.82, 2.24) is 9.13 Å². The first kappa shape index (κ1) is 23.3. The molecule has 1 heterocycles. The maximum Gasteiger partial charge on any atom is 0.332 e. The number of nitrogens with one attached hydrogen (secondary N) is 1. The molecule has 1 aromatic heterocycles. The third kappa shape index (κ3) is 4.08. The van der Waals surface area contributed by atoms with Crippen molar-refractivity contribution in [2.45, 2.75) is 31.3 Å². The summed E-state index contributed by atoms with van der Waals surface area (Å²) < 4.78 is 2.06. The SMILES string of the molecule is Cc1cc(C)c(C(=N)Cn2c(=O)n([C@H](C(=O)O)c3ccccc3)c(=O)c3ccccc32)c([SH2+])c1. The van der Waals surface area contributed by atoms with E-state index in [-0.39, 0.29) is 17.6 Å². The predicted octanol–water partition coefficient (Wildman–Crippen LogP) is 2.89. The zero-order valence-corrected chi connectivity index (χ0v) is 19.7.